The highest BCUT2D eigenvalue weighted by atomic mass is 16.3. The number of carbonyl (C=O) groups excluding carboxylic acids is 1. The Labute approximate surface area is 108 Å². The van der Waals surface area contributed by atoms with Crippen LogP contribution in [-0.2, 0) is 4.79 Å². The first-order valence-corrected chi connectivity index (χ1v) is 7.19. The van der Waals surface area contributed by atoms with Crippen LogP contribution < -0.4 is 5.32 Å². The van der Waals surface area contributed by atoms with E-state index in [4.69, 9.17) is 0 Å². The molecule has 4 heteroatoms. The second-order valence-corrected chi connectivity index (χ2v) is 6.45. The van der Waals surface area contributed by atoms with Gasteiger partial charge in [0.15, 0.2) is 0 Å². The summed E-state index contributed by atoms with van der Waals surface area (Å²) in [5.74, 6) is 2.99. The van der Waals surface area contributed by atoms with E-state index < -0.39 is 5.54 Å². The van der Waals surface area contributed by atoms with Gasteiger partial charge in [0.1, 0.15) is 0 Å². The van der Waals surface area contributed by atoms with E-state index in [0.717, 1.165) is 11.8 Å². The lowest BCUT2D eigenvalue weighted by Crippen LogP contribution is -2.54. The van der Waals surface area contributed by atoms with Crippen molar-refractivity contribution < 1.29 is 15.0 Å². The van der Waals surface area contributed by atoms with Gasteiger partial charge in [0, 0.05) is 5.92 Å². The lowest BCUT2D eigenvalue weighted by atomic mass is 9.96. The molecule has 0 radical (unpaired) electrons. The standard InChI is InChI=1S/C14H23NO3/c1-2-14(6-16,7-17)15-13(18)12-10-8-3-4-9(5-8)11(10)12/h8-12,16-17H,2-7H2,1H3,(H,15,18). The van der Waals surface area contributed by atoms with Crippen LogP contribution in [0.5, 0.6) is 0 Å². The number of carbonyl (C=O) groups is 1. The lowest BCUT2D eigenvalue weighted by Gasteiger charge is -2.30. The molecule has 0 saturated heterocycles. The minimum Gasteiger partial charge on any atom is -0.394 e. The Balaban J connectivity index is 1.64. The van der Waals surface area contributed by atoms with Gasteiger partial charge in [0.05, 0.1) is 18.8 Å². The van der Waals surface area contributed by atoms with Gasteiger partial charge in [-0.05, 0) is 49.4 Å². The molecule has 3 N–H and O–H groups in total. The monoisotopic (exact) mass is 253 g/mol. The number of nitrogens with one attached hydrogen (secondary N) is 1. The maximum absolute atomic E-state index is 12.3. The SMILES string of the molecule is CCC(CO)(CO)NC(=O)C1C2C3CCC(C3)C12. The van der Waals surface area contributed by atoms with E-state index in [1.807, 2.05) is 6.92 Å². The van der Waals surface area contributed by atoms with Crippen molar-refractivity contribution >= 4 is 5.91 Å². The molecule has 4 atom stereocenters. The smallest absolute Gasteiger partial charge is 0.224 e. The largest absolute Gasteiger partial charge is 0.394 e. The van der Waals surface area contributed by atoms with Gasteiger partial charge in [-0.15, -0.1) is 0 Å². The first kappa shape index (κ1) is 12.4. The van der Waals surface area contributed by atoms with Crippen LogP contribution in [0.1, 0.15) is 32.6 Å². The topological polar surface area (TPSA) is 69.6 Å². The second-order valence-electron chi connectivity index (χ2n) is 6.45. The van der Waals surface area contributed by atoms with E-state index in [1.165, 1.54) is 19.3 Å². The molecule has 102 valence electrons. The summed E-state index contributed by atoms with van der Waals surface area (Å²) in [6.45, 7) is 1.49. The predicted octanol–water partition coefficient (Wildman–Crippen LogP) is 0.528. The van der Waals surface area contributed by atoms with Crippen LogP contribution in [0, 0.1) is 29.6 Å². The van der Waals surface area contributed by atoms with Crippen molar-refractivity contribution in [2.45, 2.75) is 38.1 Å². The summed E-state index contributed by atoms with van der Waals surface area (Å²) in [4.78, 5) is 12.3. The lowest BCUT2D eigenvalue weighted by molar-refractivity contribution is -0.126. The molecule has 0 spiro atoms. The molecule has 3 saturated carbocycles. The Bertz CT molecular complexity index is 329. The number of fused-ring (bicyclic) bond motifs is 5. The first-order valence-electron chi connectivity index (χ1n) is 7.19. The molecule has 4 unspecified atom stereocenters. The Hall–Kier alpha value is -0.610. The van der Waals surface area contributed by atoms with Crippen molar-refractivity contribution in [1.82, 2.24) is 5.32 Å². The number of hydrogen-bond acceptors (Lipinski definition) is 3. The summed E-state index contributed by atoms with van der Waals surface area (Å²) in [6.07, 6.45) is 4.49. The fourth-order valence-electron chi connectivity index (χ4n) is 4.46. The maximum atomic E-state index is 12.3. The fraction of sp³-hybridized carbons (Fsp3) is 0.929. The molecule has 3 aliphatic carbocycles. The zero-order chi connectivity index (χ0) is 12.9. The van der Waals surface area contributed by atoms with E-state index in [-0.39, 0.29) is 25.0 Å². The zero-order valence-corrected chi connectivity index (χ0v) is 10.9. The van der Waals surface area contributed by atoms with E-state index in [1.54, 1.807) is 0 Å². The molecular weight excluding hydrogens is 230 g/mol. The Kier molecular flexibility index (Phi) is 2.90. The van der Waals surface area contributed by atoms with E-state index in [2.05, 4.69) is 5.32 Å². The van der Waals surface area contributed by atoms with Gasteiger partial charge >= 0.3 is 0 Å². The van der Waals surface area contributed by atoms with Crippen molar-refractivity contribution in [3.05, 3.63) is 0 Å². The third-order valence-corrected chi connectivity index (χ3v) is 5.71. The average Bonchev–Trinajstić information content (AvgIpc) is 2.85. The van der Waals surface area contributed by atoms with Crippen molar-refractivity contribution in [3.63, 3.8) is 0 Å². The van der Waals surface area contributed by atoms with Gasteiger partial charge in [0.2, 0.25) is 5.91 Å². The van der Waals surface area contributed by atoms with Gasteiger partial charge in [-0.25, -0.2) is 0 Å². The predicted molar refractivity (Wildman–Crippen MR) is 66.6 cm³/mol. The molecule has 0 aromatic rings. The molecule has 0 aromatic carbocycles. The third-order valence-electron chi connectivity index (χ3n) is 5.71. The van der Waals surface area contributed by atoms with Crippen molar-refractivity contribution in [1.29, 1.82) is 0 Å². The zero-order valence-electron chi connectivity index (χ0n) is 10.9. The second kappa shape index (κ2) is 4.20. The molecular formula is C14H23NO3. The highest BCUT2D eigenvalue weighted by Gasteiger charge is 2.67. The minimum atomic E-state index is -0.826. The highest BCUT2D eigenvalue weighted by molar-refractivity contribution is 5.83. The Morgan fingerprint density at radius 3 is 2.22 bits per heavy atom. The first-order chi connectivity index (χ1) is 8.65. The minimum absolute atomic E-state index is 0.0616. The summed E-state index contributed by atoms with van der Waals surface area (Å²) in [5.41, 5.74) is -0.826. The fourth-order valence-corrected chi connectivity index (χ4v) is 4.46. The molecule has 3 rings (SSSR count). The molecule has 1 amide bonds. The summed E-state index contributed by atoms with van der Waals surface area (Å²) < 4.78 is 0. The average molecular weight is 253 g/mol. The van der Waals surface area contributed by atoms with Crippen LogP contribution in [0.15, 0.2) is 0 Å². The van der Waals surface area contributed by atoms with Crippen LogP contribution in [0.2, 0.25) is 0 Å². The maximum Gasteiger partial charge on any atom is 0.224 e. The highest BCUT2D eigenvalue weighted by Crippen LogP contribution is 2.69. The van der Waals surface area contributed by atoms with Gasteiger partial charge < -0.3 is 15.5 Å². The molecule has 4 nitrogen and oxygen atoms in total. The Morgan fingerprint density at radius 2 is 1.78 bits per heavy atom. The van der Waals surface area contributed by atoms with E-state index in [0.29, 0.717) is 18.3 Å². The summed E-state index contributed by atoms with van der Waals surface area (Å²) >= 11 is 0. The number of rotatable bonds is 5. The van der Waals surface area contributed by atoms with Crippen LogP contribution in [-0.4, -0.2) is 34.9 Å². The van der Waals surface area contributed by atoms with E-state index >= 15 is 0 Å². The molecule has 18 heavy (non-hydrogen) atoms. The third kappa shape index (κ3) is 1.62. The molecule has 0 aromatic heterocycles. The molecule has 2 bridgehead atoms. The van der Waals surface area contributed by atoms with Gasteiger partial charge in [-0.3, -0.25) is 4.79 Å². The number of hydrogen-bond donors (Lipinski definition) is 3. The van der Waals surface area contributed by atoms with Crippen molar-refractivity contribution in [2.75, 3.05) is 13.2 Å². The molecule has 3 fully saturated rings. The Morgan fingerprint density at radius 1 is 1.22 bits per heavy atom. The molecule has 0 heterocycles. The summed E-state index contributed by atoms with van der Waals surface area (Å²) in [6, 6.07) is 0. The number of amides is 1. The molecule has 0 aliphatic heterocycles. The summed E-state index contributed by atoms with van der Waals surface area (Å²) in [7, 11) is 0. The van der Waals surface area contributed by atoms with Crippen LogP contribution >= 0.6 is 0 Å². The normalized spacial score (nSPS) is 40.7. The number of aliphatic hydroxyl groups excluding tert-OH is 2. The molecule has 3 aliphatic rings. The van der Waals surface area contributed by atoms with Crippen LogP contribution in [0.4, 0.5) is 0 Å². The van der Waals surface area contributed by atoms with Gasteiger partial charge in [-0.1, -0.05) is 6.92 Å². The van der Waals surface area contributed by atoms with Crippen molar-refractivity contribution in [2.24, 2.45) is 29.6 Å². The quantitative estimate of drug-likeness (QED) is 0.669. The van der Waals surface area contributed by atoms with Gasteiger partial charge in [0.25, 0.3) is 0 Å². The van der Waals surface area contributed by atoms with Crippen molar-refractivity contribution in [3.8, 4) is 0 Å². The number of aliphatic hydroxyl groups is 2. The van der Waals surface area contributed by atoms with E-state index in [9.17, 15) is 15.0 Å². The van der Waals surface area contributed by atoms with Gasteiger partial charge in [-0.2, -0.15) is 0 Å². The van der Waals surface area contributed by atoms with Crippen LogP contribution in [0.3, 0.4) is 0 Å². The van der Waals surface area contributed by atoms with Crippen LogP contribution in [0.25, 0.3) is 0 Å². The summed E-state index contributed by atoms with van der Waals surface area (Å²) in [5, 5.41) is 21.6.